The maximum Gasteiger partial charge on any atom is 0.142 e. The first-order chi connectivity index (χ1) is 8.90. The summed E-state index contributed by atoms with van der Waals surface area (Å²) >= 11 is 0. The molecule has 2 aliphatic heterocycles. The number of para-hydroxylation sites is 1. The van der Waals surface area contributed by atoms with E-state index in [1.807, 2.05) is 6.07 Å². The molecule has 0 spiro atoms. The summed E-state index contributed by atoms with van der Waals surface area (Å²) in [5.41, 5.74) is 2.53. The third kappa shape index (κ3) is 2.06. The highest BCUT2D eigenvalue weighted by Gasteiger charge is 2.28. The van der Waals surface area contributed by atoms with E-state index in [-0.39, 0.29) is 0 Å². The van der Waals surface area contributed by atoms with Crippen molar-refractivity contribution in [3.05, 3.63) is 23.8 Å². The summed E-state index contributed by atoms with van der Waals surface area (Å²) in [7, 11) is 1.73. The molecule has 98 valence electrons. The topological polar surface area (TPSA) is 33.7 Å². The highest BCUT2D eigenvalue weighted by molar-refractivity contribution is 5.64. The van der Waals surface area contributed by atoms with Crippen LogP contribution in [-0.2, 0) is 4.74 Å². The Morgan fingerprint density at radius 2 is 2.17 bits per heavy atom. The van der Waals surface area contributed by atoms with Gasteiger partial charge >= 0.3 is 0 Å². The maximum atomic E-state index is 5.44. The Morgan fingerprint density at radius 3 is 2.94 bits per heavy atom. The number of benzene rings is 1. The molecule has 2 heterocycles. The van der Waals surface area contributed by atoms with E-state index in [2.05, 4.69) is 22.3 Å². The number of nitrogens with zero attached hydrogens (tertiary/aromatic N) is 1. The van der Waals surface area contributed by atoms with Gasteiger partial charge in [-0.3, -0.25) is 4.90 Å². The van der Waals surface area contributed by atoms with Gasteiger partial charge in [-0.25, -0.2) is 0 Å². The first-order valence-electron chi connectivity index (χ1n) is 6.62. The summed E-state index contributed by atoms with van der Waals surface area (Å²) < 4.78 is 10.9. The van der Waals surface area contributed by atoms with Gasteiger partial charge in [-0.2, -0.15) is 0 Å². The third-order valence-electron chi connectivity index (χ3n) is 3.84. The number of morpholine rings is 1. The van der Waals surface area contributed by atoms with Gasteiger partial charge in [0.1, 0.15) is 5.75 Å². The number of hydrogen-bond acceptors (Lipinski definition) is 4. The molecule has 1 fully saturated rings. The fraction of sp³-hybridized carbons (Fsp3) is 0.571. The lowest BCUT2D eigenvalue weighted by Crippen LogP contribution is -2.41. The molecule has 1 aromatic carbocycles. The molecule has 1 atom stereocenters. The minimum atomic E-state index is 0.500. The number of ether oxygens (including phenoxy) is 2. The molecule has 4 heteroatoms. The average molecular weight is 248 g/mol. The normalized spacial score (nSPS) is 24.2. The van der Waals surface area contributed by atoms with E-state index in [1.165, 1.54) is 11.3 Å². The summed E-state index contributed by atoms with van der Waals surface area (Å²) in [6.07, 6.45) is 1.15. The van der Waals surface area contributed by atoms with Gasteiger partial charge in [-0.15, -0.1) is 0 Å². The number of nitrogens with one attached hydrogen (secondary N) is 1. The number of fused-ring (bicyclic) bond motifs is 1. The van der Waals surface area contributed by atoms with Crippen molar-refractivity contribution < 1.29 is 9.47 Å². The van der Waals surface area contributed by atoms with Crippen molar-refractivity contribution in [1.82, 2.24) is 4.90 Å². The van der Waals surface area contributed by atoms with E-state index in [0.717, 1.165) is 45.0 Å². The van der Waals surface area contributed by atoms with E-state index in [1.54, 1.807) is 7.11 Å². The van der Waals surface area contributed by atoms with Gasteiger partial charge < -0.3 is 14.8 Å². The minimum absolute atomic E-state index is 0.500. The molecule has 3 rings (SSSR count). The number of hydrogen-bond donors (Lipinski definition) is 1. The molecule has 1 aromatic rings. The molecule has 1 saturated heterocycles. The molecular weight excluding hydrogens is 228 g/mol. The van der Waals surface area contributed by atoms with E-state index >= 15 is 0 Å². The predicted octanol–water partition coefficient (Wildman–Crippen LogP) is 1.88. The smallest absolute Gasteiger partial charge is 0.142 e. The van der Waals surface area contributed by atoms with Crippen LogP contribution in [0.5, 0.6) is 5.75 Å². The highest BCUT2D eigenvalue weighted by atomic mass is 16.5. The van der Waals surface area contributed by atoms with E-state index < -0.39 is 0 Å². The van der Waals surface area contributed by atoms with Crippen LogP contribution in [0.25, 0.3) is 0 Å². The van der Waals surface area contributed by atoms with Crippen LogP contribution >= 0.6 is 0 Å². The fourth-order valence-electron chi connectivity index (χ4n) is 2.94. The van der Waals surface area contributed by atoms with Crippen molar-refractivity contribution in [1.29, 1.82) is 0 Å². The molecule has 1 N–H and O–H groups in total. The van der Waals surface area contributed by atoms with E-state index in [4.69, 9.17) is 9.47 Å². The Kier molecular flexibility index (Phi) is 3.39. The first kappa shape index (κ1) is 11.8. The summed E-state index contributed by atoms with van der Waals surface area (Å²) in [4.78, 5) is 2.53. The van der Waals surface area contributed by atoms with Crippen LogP contribution in [0.1, 0.15) is 18.0 Å². The van der Waals surface area contributed by atoms with Gasteiger partial charge in [0.05, 0.1) is 26.0 Å². The van der Waals surface area contributed by atoms with Crippen LogP contribution in [0.4, 0.5) is 5.69 Å². The molecule has 2 aliphatic rings. The SMILES string of the molecule is COc1cccc2c1NCCC2N1CCOCC1. The van der Waals surface area contributed by atoms with Gasteiger partial charge in [0.15, 0.2) is 0 Å². The van der Waals surface area contributed by atoms with Gasteiger partial charge in [0.25, 0.3) is 0 Å². The second-order valence-corrected chi connectivity index (χ2v) is 4.80. The van der Waals surface area contributed by atoms with Crippen LogP contribution < -0.4 is 10.1 Å². The van der Waals surface area contributed by atoms with Crippen LogP contribution in [0.3, 0.4) is 0 Å². The van der Waals surface area contributed by atoms with Crippen LogP contribution in [0.15, 0.2) is 18.2 Å². The third-order valence-corrected chi connectivity index (χ3v) is 3.84. The Balaban J connectivity index is 1.91. The van der Waals surface area contributed by atoms with Crippen molar-refractivity contribution in [3.63, 3.8) is 0 Å². The minimum Gasteiger partial charge on any atom is -0.495 e. The zero-order valence-corrected chi connectivity index (χ0v) is 10.8. The van der Waals surface area contributed by atoms with E-state index in [9.17, 15) is 0 Å². The highest BCUT2D eigenvalue weighted by Crippen LogP contribution is 2.39. The lowest BCUT2D eigenvalue weighted by Gasteiger charge is -2.38. The van der Waals surface area contributed by atoms with Crippen LogP contribution in [0.2, 0.25) is 0 Å². The molecule has 4 nitrogen and oxygen atoms in total. The Morgan fingerprint density at radius 1 is 1.33 bits per heavy atom. The van der Waals surface area contributed by atoms with Crippen molar-refractivity contribution in [2.45, 2.75) is 12.5 Å². The van der Waals surface area contributed by atoms with Gasteiger partial charge in [0, 0.05) is 25.7 Å². The number of anilines is 1. The van der Waals surface area contributed by atoms with Crippen LogP contribution in [-0.4, -0.2) is 44.9 Å². The molecule has 18 heavy (non-hydrogen) atoms. The Bertz CT molecular complexity index is 416. The lowest BCUT2D eigenvalue weighted by atomic mass is 9.95. The molecular formula is C14H20N2O2. The fourth-order valence-corrected chi connectivity index (χ4v) is 2.94. The maximum absolute atomic E-state index is 5.44. The molecule has 0 bridgehead atoms. The zero-order valence-electron chi connectivity index (χ0n) is 10.8. The van der Waals surface area contributed by atoms with Crippen molar-refractivity contribution in [3.8, 4) is 5.75 Å². The Hall–Kier alpha value is -1.26. The lowest BCUT2D eigenvalue weighted by molar-refractivity contribution is 0.0144. The summed E-state index contributed by atoms with van der Waals surface area (Å²) in [5, 5.41) is 3.47. The molecule has 0 aromatic heterocycles. The van der Waals surface area contributed by atoms with Crippen molar-refractivity contribution >= 4 is 5.69 Å². The van der Waals surface area contributed by atoms with Crippen LogP contribution in [0, 0.1) is 0 Å². The second kappa shape index (κ2) is 5.16. The first-order valence-corrected chi connectivity index (χ1v) is 6.62. The molecule has 0 amide bonds. The van der Waals surface area contributed by atoms with Gasteiger partial charge in [0.2, 0.25) is 0 Å². The van der Waals surface area contributed by atoms with Gasteiger partial charge in [-0.05, 0) is 18.1 Å². The standard InChI is InChI=1S/C14H20N2O2/c1-17-13-4-2-3-11-12(5-6-15-14(11)13)16-7-9-18-10-8-16/h2-4,12,15H,5-10H2,1H3. The molecule has 0 saturated carbocycles. The molecule has 1 unspecified atom stereocenters. The van der Waals surface area contributed by atoms with Gasteiger partial charge in [-0.1, -0.05) is 12.1 Å². The summed E-state index contributed by atoms with van der Waals surface area (Å²) in [5.74, 6) is 0.949. The zero-order chi connectivity index (χ0) is 12.4. The summed E-state index contributed by atoms with van der Waals surface area (Å²) in [6.45, 7) is 4.77. The molecule has 0 radical (unpaired) electrons. The van der Waals surface area contributed by atoms with E-state index in [0.29, 0.717) is 6.04 Å². The Labute approximate surface area is 108 Å². The van der Waals surface area contributed by atoms with Crippen molar-refractivity contribution in [2.75, 3.05) is 45.3 Å². The number of methoxy groups -OCH3 is 1. The molecule has 0 aliphatic carbocycles. The monoisotopic (exact) mass is 248 g/mol. The quantitative estimate of drug-likeness (QED) is 0.866. The second-order valence-electron chi connectivity index (χ2n) is 4.80. The predicted molar refractivity (Wildman–Crippen MR) is 71.2 cm³/mol. The largest absolute Gasteiger partial charge is 0.495 e. The number of rotatable bonds is 2. The summed E-state index contributed by atoms with van der Waals surface area (Å²) in [6, 6.07) is 6.82. The average Bonchev–Trinajstić information content (AvgIpc) is 2.47. The van der Waals surface area contributed by atoms with Crippen molar-refractivity contribution in [2.24, 2.45) is 0 Å².